The number of hydrogen-bond acceptors (Lipinski definition) is 4. The number of carbonyl (C=O) groups excluding carboxylic acids is 2. The third-order valence-electron chi connectivity index (χ3n) is 5.83. The van der Waals surface area contributed by atoms with Crippen LogP contribution in [0.2, 0.25) is 15.1 Å². The summed E-state index contributed by atoms with van der Waals surface area (Å²) in [6.07, 6.45) is 0. The van der Waals surface area contributed by atoms with Crippen LogP contribution >= 0.6 is 58.0 Å². The fourth-order valence-corrected chi connectivity index (χ4v) is 6.04. The molecule has 2 amide bonds. The number of benzene rings is 3. The third kappa shape index (κ3) is 4.32. The van der Waals surface area contributed by atoms with Gasteiger partial charge in [-0.1, -0.05) is 70.1 Å². The molecule has 1 aliphatic carbocycles. The molecule has 7 nitrogen and oxygen atoms in total. The number of halogens is 5. The number of non-ortho nitro benzene ring substituents is 1. The van der Waals surface area contributed by atoms with Crippen LogP contribution in [0.5, 0.6) is 0 Å². The number of nitrogens with two attached hydrogens (primary N) is 1. The average molecular weight is 574 g/mol. The van der Waals surface area contributed by atoms with E-state index in [1.54, 1.807) is 12.1 Å². The van der Waals surface area contributed by atoms with E-state index in [9.17, 15) is 19.7 Å². The monoisotopic (exact) mass is 571 g/mol. The molecule has 0 aromatic heterocycles. The number of hydrogen-bond donors (Lipinski definition) is 2. The SMILES string of the molecule is NC(=O)C1(c2ccc(Cl)c(NC(=O)c3cccc([N+](=O)[O-])c3)c2)C(c2cc(Cl)cc(Cl)c2)C1(Cl)Cl. The number of nitrogens with zero attached hydrogens (tertiary/aromatic N) is 1. The maximum Gasteiger partial charge on any atom is 0.270 e. The molecule has 3 aromatic rings. The zero-order chi connectivity index (χ0) is 25.7. The zero-order valence-corrected chi connectivity index (χ0v) is 21.2. The largest absolute Gasteiger partial charge is 0.369 e. The summed E-state index contributed by atoms with van der Waals surface area (Å²) in [7, 11) is 0. The van der Waals surface area contributed by atoms with Gasteiger partial charge in [0.05, 0.1) is 15.6 Å². The van der Waals surface area contributed by atoms with Crippen molar-refractivity contribution in [1.82, 2.24) is 0 Å². The molecule has 0 aliphatic heterocycles. The van der Waals surface area contributed by atoms with Crippen LogP contribution < -0.4 is 11.1 Å². The van der Waals surface area contributed by atoms with Crippen LogP contribution in [0.3, 0.4) is 0 Å². The number of primary amides is 1. The van der Waals surface area contributed by atoms with Gasteiger partial charge in [0.1, 0.15) is 9.75 Å². The van der Waals surface area contributed by atoms with Crippen molar-refractivity contribution in [3.63, 3.8) is 0 Å². The van der Waals surface area contributed by atoms with Gasteiger partial charge in [-0.05, 0) is 47.5 Å². The molecule has 0 saturated heterocycles. The minimum atomic E-state index is -1.65. The molecule has 12 heteroatoms. The predicted molar refractivity (Wildman–Crippen MR) is 137 cm³/mol. The molecule has 0 heterocycles. The average Bonchev–Trinajstić information content (AvgIpc) is 3.32. The van der Waals surface area contributed by atoms with Gasteiger partial charge in [0.25, 0.3) is 11.6 Å². The van der Waals surface area contributed by atoms with E-state index in [2.05, 4.69) is 5.32 Å². The molecule has 3 aromatic carbocycles. The van der Waals surface area contributed by atoms with Gasteiger partial charge >= 0.3 is 0 Å². The molecular weight excluding hydrogens is 560 g/mol. The molecule has 4 rings (SSSR count). The van der Waals surface area contributed by atoms with Crippen LogP contribution in [0, 0.1) is 10.1 Å². The lowest BCUT2D eigenvalue weighted by Crippen LogP contribution is -2.34. The summed E-state index contributed by atoms with van der Waals surface area (Å²) in [4.78, 5) is 36.0. The molecule has 1 aliphatic rings. The van der Waals surface area contributed by atoms with E-state index in [0.717, 1.165) is 6.07 Å². The van der Waals surface area contributed by atoms with Crippen LogP contribution in [0.4, 0.5) is 11.4 Å². The number of nitro benzene ring substituents is 1. The Morgan fingerprint density at radius 2 is 1.63 bits per heavy atom. The summed E-state index contributed by atoms with van der Waals surface area (Å²) in [5.74, 6) is -2.26. The van der Waals surface area contributed by atoms with E-state index in [1.807, 2.05) is 0 Å². The van der Waals surface area contributed by atoms with E-state index in [0.29, 0.717) is 21.2 Å². The van der Waals surface area contributed by atoms with Crippen molar-refractivity contribution in [3.8, 4) is 0 Å². The number of alkyl halides is 2. The molecule has 2 atom stereocenters. The van der Waals surface area contributed by atoms with E-state index in [1.165, 1.54) is 42.5 Å². The Bertz CT molecular complexity index is 1380. The molecule has 0 bridgehead atoms. The number of nitro groups is 1. The highest BCUT2D eigenvalue weighted by Crippen LogP contribution is 2.74. The van der Waals surface area contributed by atoms with E-state index >= 15 is 0 Å². The molecule has 0 radical (unpaired) electrons. The lowest BCUT2D eigenvalue weighted by atomic mass is 9.89. The molecule has 0 spiro atoms. The molecule has 180 valence electrons. The summed E-state index contributed by atoms with van der Waals surface area (Å²) >= 11 is 31.8. The fourth-order valence-electron chi connectivity index (χ4n) is 4.23. The molecule has 1 saturated carbocycles. The number of anilines is 1. The Morgan fingerprint density at radius 3 is 2.23 bits per heavy atom. The Labute approximate surface area is 224 Å². The van der Waals surface area contributed by atoms with Crippen LogP contribution in [-0.4, -0.2) is 21.1 Å². The van der Waals surface area contributed by atoms with E-state index in [4.69, 9.17) is 63.7 Å². The van der Waals surface area contributed by atoms with Crippen molar-refractivity contribution < 1.29 is 14.5 Å². The van der Waals surface area contributed by atoms with Gasteiger partial charge in [0, 0.05) is 33.7 Å². The number of rotatable bonds is 6. The van der Waals surface area contributed by atoms with Gasteiger partial charge in [-0.3, -0.25) is 19.7 Å². The molecular formula is C23H14Cl5N3O4. The first-order valence-electron chi connectivity index (χ1n) is 9.89. The summed E-state index contributed by atoms with van der Waals surface area (Å²) < 4.78 is -1.65. The standard InChI is InChI=1S/C23H14Cl5N3O4/c24-14-6-12(7-15(25)10-14)19-22(21(29)33,23(19,27)28)13-4-5-17(26)18(9-13)30-20(32)11-2-1-3-16(8-11)31(34)35/h1-10,19H,(H2,29,33)(H,30,32). The quantitative estimate of drug-likeness (QED) is 0.199. The first kappa shape index (κ1) is 25.5. The molecule has 1 fully saturated rings. The minimum Gasteiger partial charge on any atom is -0.369 e. The van der Waals surface area contributed by atoms with Crippen LogP contribution in [0.15, 0.2) is 60.7 Å². The number of nitrogens with one attached hydrogen (secondary N) is 1. The van der Waals surface area contributed by atoms with Gasteiger partial charge in [0.2, 0.25) is 5.91 Å². The fraction of sp³-hybridized carbons (Fsp3) is 0.130. The second-order valence-electron chi connectivity index (χ2n) is 7.89. The van der Waals surface area contributed by atoms with Gasteiger partial charge in [-0.2, -0.15) is 0 Å². The van der Waals surface area contributed by atoms with Crippen molar-refractivity contribution in [2.24, 2.45) is 5.73 Å². The highest BCUT2D eigenvalue weighted by atomic mass is 35.5. The number of amides is 2. The van der Waals surface area contributed by atoms with Gasteiger partial charge in [-0.25, -0.2) is 0 Å². The minimum absolute atomic E-state index is 0.0344. The number of carbonyl (C=O) groups is 2. The zero-order valence-electron chi connectivity index (χ0n) is 17.4. The highest BCUT2D eigenvalue weighted by Gasteiger charge is 2.80. The third-order valence-corrected chi connectivity index (χ3v) is 7.63. The van der Waals surface area contributed by atoms with Crippen molar-refractivity contribution in [2.75, 3.05) is 5.32 Å². The first-order chi connectivity index (χ1) is 16.4. The summed E-state index contributed by atoms with van der Waals surface area (Å²) in [5.41, 5.74) is 4.94. The van der Waals surface area contributed by atoms with Crippen molar-refractivity contribution in [2.45, 2.75) is 15.7 Å². The summed E-state index contributed by atoms with van der Waals surface area (Å²) in [5, 5.41) is 14.4. The van der Waals surface area contributed by atoms with Crippen LogP contribution in [0.1, 0.15) is 27.4 Å². The second-order valence-corrected chi connectivity index (χ2v) is 10.6. The highest BCUT2D eigenvalue weighted by molar-refractivity contribution is 6.55. The Kier molecular flexibility index (Phi) is 6.68. The van der Waals surface area contributed by atoms with Gasteiger partial charge in [-0.15, -0.1) is 0 Å². The lowest BCUT2D eigenvalue weighted by molar-refractivity contribution is -0.384. The smallest absolute Gasteiger partial charge is 0.270 e. The van der Waals surface area contributed by atoms with E-state index in [-0.39, 0.29) is 22.0 Å². The lowest BCUT2D eigenvalue weighted by Gasteiger charge is -2.18. The molecule has 3 N–H and O–H groups in total. The summed E-state index contributed by atoms with van der Waals surface area (Å²) in [6, 6.07) is 14.3. The summed E-state index contributed by atoms with van der Waals surface area (Å²) in [6.45, 7) is 0. The Balaban J connectivity index is 1.75. The maximum absolute atomic E-state index is 12.8. The van der Waals surface area contributed by atoms with Crippen molar-refractivity contribution in [3.05, 3.63) is 103 Å². The maximum atomic E-state index is 12.8. The molecule has 35 heavy (non-hydrogen) atoms. The van der Waals surface area contributed by atoms with Gasteiger partial charge in [0.15, 0.2) is 0 Å². The predicted octanol–water partition coefficient (Wildman–Crippen LogP) is 6.50. The van der Waals surface area contributed by atoms with Crippen LogP contribution in [-0.2, 0) is 10.2 Å². The van der Waals surface area contributed by atoms with Crippen molar-refractivity contribution in [1.29, 1.82) is 0 Å². The first-order valence-corrected chi connectivity index (χ1v) is 11.8. The second kappa shape index (κ2) is 9.15. The Morgan fingerprint density at radius 1 is 0.971 bits per heavy atom. The van der Waals surface area contributed by atoms with Gasteiger partial charge < -0.3 is 11.1 Å². The van der Waals surface area contributed by atoms with Crippen LogP contribution in [0.25, 0.3) is 0 Å². The normalized spacial score (nSPS) is 20.2. The molecule has 2 unspecified atom stereocenters. The topological polar surface area (TPSA) is 115 Å². The van der Waals surface area contributed by atoms with Crippen molar-refractivity contribution >= 4 is 81.2 Å². The van der Waals surface area contributed by atoms with E-state index < -0.39 is 32.4 Å². The Hall–Kier alpha value is -2.55.